The summed E-state index contributed by atoms with van der Waals surface area (Å²) in [4.78, 5) is 21.8. The molecule has 0 spiro atoms. The van der Waals surface area contributed by atoms with Crippen molar-refractivity contribution in [2.75, 3.05) is 5.32 Å². The van der Waals surface area contributed by atoms with Crippen molar-refractivity contribution in [3.63, 3.8) is 0 Å². The van der Waals surface area contributed by atoms with E-state index >= 15 is 0 Å². The number of carbonyl (C=O) groups is 1. The Morgan fingerprint density at radius 3 is 2.66 bits per heavy atom. The van der Waals surface area contributed by atoms with Crippen molar-refractivity contribution in [2.45, 2.75) is 46.7 Å². The number of hydrogen-bond acceptors (Lipinski definition) is 4. The van der Waals surface area contributed by atoms with Crippen molar-refractivity contribution < 1.29 is 9.18 Å². The fourth-order valence-electron chi connectivity index (χ4n) is 4.09. The molecule has 0 aliphatic heterocycles. The number of nitrogens with zero attached hydrogens (tertiary/aromatic N) is 3. The van der Waals surface area contributed by atoms with Gasteiger partial charge in [-0.2, -0.15) is 0 Å². The number of alkyl halides is 1. The van der Waals surface area contributed by atoms with E-state index in [4.69, 9.17) is 0 Å². The van der Waals surface area contributed by atoms with E-state index in [1.807, 2.05) is 47.9 Å². The van der Waals surface area contributed by atoms with Crippen molar-refractivity contribution in [3.05, 3.63) is 77.2 Å². The van der Waals surface area contributed by atoms with E-state index in [0.29, 0.717) is 29.0 Å². The highest BCUT2D eigenvalue weighted by Crippen LogP contribution is 2.34. The Hall–Kier alpha value is -3.54. The average molecular weight is 431 g/mol. The van der Waals surface area contributed by atoms with Gasteiger partial charge in [-0.05, 0) is 68.1 Å². The molecule has 3 aromatic heterocycles. The molecule has 4 aromatic rings. The van der Waals surface area contributed by atoms with Crippen LogP contribution in [-0.2, 0) is 12.8 Å². The molecule has 1 N–H and O–H groups in total. The molecule has 0 saturated heterocycles. The number of pyridine rings is 2. The van der Waals surface area contributed by atoms with E-state index in [1.54, 1.807) is 25.3 Å². The maximum Gasteiger partial charge on any atom is 0.162 e. The summed E-state index contributed by atoms with van der Waals surface area (Å²) in [6.07, 6.45) is 4.07. The minimum atomic E-state index is -1.05. The number of aromatic nitrogens is 3. The largest absolute Gasteiger partial charge is 0.340 e. The lowest BCUT2D eigenvalue weighted by molar-refractivity contribution is 0.101. The lowest BCUT2D eigenvalue weighted by Gasteiger charge is -2.17. The number of anilines is 2. The standard InChI is InChI=1S/C26H27FN4O/c1-5-19-8-7-9-24(29-19)30-22-11-10-21(20(6-2)26(22)17(4)32)23-15-28-25-14-18(16(3)27)12-13-31(23)25/h7-16H,5-6H2,1-4H3,(H,29,30). The van der Waals surface area contributed by atoms with Gasteiger partial charge in [0.05, 0.1) is 17.6 Å². The Balaban J connectivity index is 1.83. The quantitative estimate of drug-likeness (QED) is 0.340. The summed E-state index contributed by atoms with van der Waals surface area (Å²) < 4.78 is 15.7. The Morgan fingerprint density at radius 1 is 1.16 bits per heavy atom. The van der Waals surface area contributed by atoms with Gasteiger partial charge in [0.15, 0.2) is 5.78 Å². The van der Waals surface area contributed by atoms with Crippen LogP contribution >= 0.6 is 0 Å². The molecule has 5 nitrogen and oxygen atoms in total. The Labute approximate surface area is 187 Å². The van der Waals surface area contributed by atoms with E-state index in [0.717, 1.165) is 34.6 Å². The fourth-order valence-corrected chi connectivity index (χ4v) is 4.09. The summed E-state index contributed by atoms with van der Waals surface area (Å²) in [7, 11) is 0. The van der Waals surface area contributed by atoms with Gasteiger partial charge in [0.1, 0.15) is 17.6 Å². The molecule has 0 aliphatic carbocycles. The zero-order valence-electron chi connectivity index (χ0n) is 18.8. The lowest BCUT2D eigenvalue weighted by atomic mass is 9.93. The SMILES string of the molecule is CCc1cccc(Nc2ccc(-c3cnc4cc(C(C)F)ccn34)c(CC)c2C(C)=O)n1. The number of rotatable bonds is 7. The van der Waals surface area contributed by atoms with Crippen LogP contribution in [0.5, 0.6) is 0 Å². The van der Waals surface area contributed by atoms with Crippen LogP contribution in [0.25, 0.3) is 16.9 Å². The lowest BCUT2D eigenvalue weighted by Crippen LogP contribution is -2.08. The zero-order valence-corrected chi connectivity index (χ0v) is 18.8. The summed E-state index contributed by atoms with van der Waals surface area (Å²) in [6.45, 7) is 7.20. The third-order valence-corrected chi connectivity index (χ3v) is 5.72. The zero-order chi connectivity index (χ0) is 22.8. The first-order valence-corrected chi connectivity index (χ1v) is 10.9. The van der Waals surface area contributed by atoms with Crippen molar-refractivity contribution in [1.82, 2.24) is 14.4 Å². The van der Waals surface area contributed by atoms with Crippen LogP contribution in [0.4, 0.5) is 15.9 Å². The molecular formula is C26H27FN4O. The second kappa shape index (κ2) is 8.91. The van der Waals surface area contributed by atoms with Gasteiger partial charge in [-0.3, -0.25) is 9.20 Å². The molecule has 0 saturated carbocycles. The number of carbonyl (C=O) groups excluding carboxylic acids is 1. The third-order valence-electron chi connectivity index (χ3n) is 5.72. The molecule has 32 heavy (non-hydrogen) atoms. The minimum absolute atomic E-state index is 0.0137. The second-order valence-electron chi connectivity index (χ2n) is 7.86. The van der Waals surface area contributed by atoms with E-state index in [-0.39, 0.29) is 5.78 Å². The Kier molecular flexibility index (Phi) is 6.04. The van der Waals surface area contributed by atoms with Crippen molar-refractivity contribution in [3.8, 4) is 11.3 Å². The highest BCUT2D eigenvalue weighted by atomic mass is 19.1. The van der Waals surface area contributed by atoms with Crippen molar-refractivity contribution in [1.29, 1.82) is 0 Å². The van der Waals surface area contributed by atoms with Gasteiger partial charge in [-0.1, -0.05) is 26.0 Å². The van der Waals surface area contributed by atoms with E-state index in [2.05, 4.69) is 22.2 Å². The number of aryl methyl sites for hydroxylation is 1. The molecule has 0 aliphatic rings. The number of halogens is 1. The van der Waals surface area contributed by atoms with Gasteiger partial charge in [0.2, 0.25) is 0 Å². The normalized spacial score (nSPS) is 12.2. The van der Waals surface area contributed by atoms with E-state index in [9.17, 15) is 9.18 Å². The van der Waals surface area contributed by atoms with Crippen LogP contribution in [0.2, 0.25) is 0 Å². The molecule has 1 aromatic carbocycles. The van der Waals surface area contributed by atoms with Gasteiger partial charge >= 0.3 is 0 Å². The predicted molar refractivity (Wildman–Crippen MR) is 126 cm³/mol. The number of benzene rings is 1. The number of hydrogen-bond donors (Lipinski definition) is 1. The molecule has 164 valence electrons. The molecule has 4 rings (SSSR count). The summed E-state index contributed by atoms with van der Waals surface area (Å²) in [6, 6.07) is 13.3. The molecule has 0 amide bonds. The maximum absolute atomic E-state index is 13.7. The van der Waals surface area contributed by atoms with Crippen LogP contribution < -0.4 is 5.32 Å². The molecule has 0 radical (unpaired) electrons. The molecule has 3 heterocycles. The van der Waals surface area contributed by atoms with Crippen LogP contribution in [0.15, 0.2) is 54.9 Å². The number of Topliss-reactive ketones (excluding diaryl/α,β-unsaturated/α-hetero) is 1. The van der Waals surface area contributed by atoms with E-state index in [1.165, 1.54) is 6.92 Å². The average Bonchev–Trinajstić information content (AvgIpc) is 3.21. The van der Waals surface area contributed by atoms with Gasteiger partial charge in [0, 0.05) is 23.0 Å². The first-order valence-electron chi connectivity index (χ1n) is 10.9. The third kappa shape index (κ3) is 4.00. The highest BCUT2D eigenvalue weighted by Gasteiger charge is 2.19. The molecule has 1 unspecified atom stereocenters. The van der Waals surface area contributed by atoms with Crippen LogP contribution in [0.1, 0.15) is 61.0 Å². The summed E-state index contributed by atoms with van der Waals surface area (Å²) in [5.41, 5.74) is 6.40. The molecule has 1 atom stereocenters. The van der Waals surface area contributed by atoms with Crippen LogP contribution in [0, 0.1) is 0 Å². The minimum Gasteiger partial charge on any atom is -0.340 e. The fraction of sp³-hybridized carbons (Fsp3) is 0.269. The first-order chi connectivity index (χ1) is 15.4. The molecular weight excluding hydrogens is 403 g/mol. The summed E-state index contributed by atoms with van der Waals surface area (Å²) in [5, 5.41) is 3.34. The van der Waals surface area contributed by atoms with Crippen molar-refractivity contribution >= 4 is 22.9 Å². The number of imidazole rings is 1. The maximum atomic E-state index is 13.7. The summed E-state index contributed by atoms with van der Waals surface area (Å²) >= 11 is 0. The number of ketones is 1. The van der Waals surface area contributed by atoms with E-state index < -0.39 is 6.17 Å². The second-order valence-corrected chi connectivity index (χ2v) is 7.86. The smallest absolute Gasteiger partial charge is 0.162 e. The topological polar surface area (TPSA) is 59.3 Å². The van der Waals surface area contributed by atoms with Gasteiger partial charge < -0.3 is 5.32 Å². The van der Waals surface area contributed by atoms with Gasteiger partial charge in [-0.15, -0.1) is 0 Å². The van der Waals surface area contributed by atoms with Crippen molar-refractivity contribution in [2.24, 2.45) is 0 Å². The number of fused-ring (bicyclic) bond motifs is 1. The highest BCUT2D eigenvalue weighted by molar-refractivity contribution is 6.03. The first kappa shape index (κ1) is 21.7. The Morgan fingerprint density at radius 2 is 1.97 bits per heavy atom. The predicted octanol–water partition coefficient (Wildman–Crippen LogP) is 6.50. The molecule has 6 heteroatoms. The van der Waals surface area contributed by atoms with Crippen LogP contribution in [0.3, 0.4) is 0 Å². The summed E-state index contributed by atoms with van der Waals surface area (Å²) in [5.74, 6) is 0.699. The Bertz CT molecular complexity index is 1290. The monoisotopic (exact) mass is 430 g/mol. The number of nitrogens with one attached hydrogen (secondary N) is 1. The van der Waals surface area contributed by atoms with Gasteiger partial charge in [0.25, 0.3) is 0 Å². The van der Waals surface area contributed by atoms with Crippen LogP contribution in [-0.4, -0.2) is 20.2 Å². The molecule has 0 fully saturated rings. The van der Waals surface area contributed by atoms with Gasteiger partial charge in [-0.25, -0.2) is 14.4 Å². The molecule has 0 bridgehead atoms.